The Morgan fingerprint density at radius 1 is 1.35 bits per heavy atom. The van der Waals surface area contributed by atoms with Gasteiger partial charge in [-0.15, -0.1) is 0 Å². The van der Waals surface area contributed by atoms with Crippen LogP contribution < -0.4 is 5.11 Å². The first kappa shape index (κ1) is 13.1. The van der Waals surface area contributed by atoms with E-state index in [2.05, 4.69) is 25.2 Å². The molecule has 0 bridgehead atoms. The normalized spacial score (nSPS) is 20.8. The molecular weight excluding hydrogens is 216 g/mol. The third-order valence-corrected chi connectivity index (χ3v) is 2.51. The number of hydrogen-bond donors (Lipinski definition) is 0. The lowest BCUT2D eigenvalue weighted by Crippen LogP contribution is -2.33. The van der Waals surface area contributed by atoms with Gasteiger partial charge in [-0.3, -0.25) is 4.48 Å². The highest BCUT2D eigenvalue weighted by Gasteiger charge is 2.14. The molecular formula is C13H16N2O2. The average molecular weight is 232 g/mol. The van der Waals surface area contributed by atoms with Crippen LogP contribution in [0.5, 0.6) is 0 Å². The molecule has 0 amide bonds. The van der Waals surface area contributed by atoms with E-state index >= 15 is 0 Å². The molecule has 4 heteroatoms. The lowest BCUT2D eigenvalue weighted by molar-refractivity contribution is -0.753. The van der Waals surface area contributed by atoms with Crippen molar-refractivity contribution in [2.75, 3.05) is 13.6 Å². The summed E-state index contributed by atoms with van der Waals surface area (Å²) in [6.45, 7) is 3.22. The fourth-order valence-corrected chi connectivity index (χ4v) is 1.18. The molecule has 0 spiro atoms. The van der Waals surface area contributed by atoms with Crippen LogP contribution in [0.4, 0.5) is 0 Å². The van der Waals surface area contributed by atoms with Crippen molar-refractivity contribution in [1.82, 2.24) is 0 Å². The molecule has 17 heavy (non-hydrogen) atoms. The minimum atomic E-state index is -1.13. The number of carbonyl (C=O) groups excluding carboxylic acids is 1. The van der Waals surface area contributed by atoms with Crippen LogP contribution in [-0.2, 0) is 0 Å². The van der Waals surface area contributed by atoms with Crippen LogP contribution in [0.25, 0.3) is 0 Å². The van der Waals surface area contributed by atoms with Gasteiger partial charge in [-0.2, -0.15) is 0 Å². The Hall–Kier alpha value is -1.94. The number of aromatic carboxylic acids is 1. The maximum absolute atomic E-state index is 10.1. The summed E-state index contributed by atoms with van der Waals surface area (Å²) in [5, 5.41) is 10.1. The highest BCUT2D eigenvalue weighted by molar-refractivity contribution is 5.85. The molecule has 4 nitrogen and oxygen atoms in total. The molecule has 1 aliphatic rings. The molecule has 1 aliphatic heterocycles. The Bertz CT molecular complexity index is 412. The summed E-state index contributed by atoms with van der Waals surface area (Å²) in [4.78, 5) is 14.1. The molecule has 0 saturated heterocycles. The summed E-state index contributed by atoms with van der Waals surface area (Å²) < 4.78 is 0.847. The SMILES string of the molecule is CC[N+]1(C)C=CN=C1.O=C([O-])c1ccccc1. The molecule has 0 fully saturated rings. The Balaban J connectivity index is 0.000000171. The zero-order valence-electron chi connectivity index (χ0n) is 10.0. The highest BCUT2D eigenvalue weighted by Crippen LogP contribution is 2.04. The summed E-state index contributed by atoms with van der Waals surface area (Å²) in [6.07, 6.45) is 5.84. The van der Waals surface area contributed by atoms with Gasteiger partial charge in [-0.05, 0) is 12.5 Å². The maximum atomic E-state index is 10.1. The predicted molar refractivity (Wildman–Crippen MR) is 65.1 cm³/mol. The van der Waals surface area contributed by atoms with Gasteiger partial charge in [0.15, 0.2) is 6.34 Å². The van der Waals surface area contributed by atoms with Crippen LogP contribution in [0.1, 0.15) is 17.3 Å². The monoisotopic (exact) mass is 232 g/mol. The van der Waals surface area contributed by atoms with Gasteiger partial charge in [-0.25, -0.2) is 4.99 Å². The minimum absolute atomic E-state index is 0.220. The van der Waals surface area contributed by atoms with Crippen molar-refractivity contribution in [3.05, 3.63) is 48.3 Å². The molecule has 1 aromatic carbocycles. The van der Waals surface area contributed by atoms with Gasteiger partial charge in [0.2, 0.25) is 0 Å². The molecule has 0 aliphatic carbocycles. The molecule has 1 aromatic rings. The molecule has 0 aromatic heterocycles. The van der Waals surface area contributed by atoms with Crippen molar-refractivity contribution in [3.8, 4) is 0 Å². The molecule has 90 valence electrons. The third kappa shape index (κ3) is 4.20. The molecule has 1 heterocycles. The summed E-state index contributed by atoms with van der Waals surface area (Å²) in [5.41, 5.74) is 0.220. The van der Waals surface area contributed by atoms with Gasteiger partial charge >= 0.3 is 0 Å². The van der Waals surface area contributed by atoms with Crippen molar-refractivity contribution in [2.24, 2.45) is 4.99 Å². The van der Waals surface area contributed by atoms with Gasteiger partial charge in [0.25, 0.3) is 0 Å². The average Bonchev–Trinajstić information content (AvgIpc) is 2.79. The number of benzene rings is 1. The van der Waals surface area contributed by atoms with Gasteiger partial charge in [0.05, 0.1) is 25.8 Å². The Morgan fingerprint density at radius 3 is 2.29 bits per heavy atom. The van der Waals surface area contributed by atoms with Crippen LogP contribution in [0.15, 0.2) is 47.7 Å². The smallest absolute Gasteiger partial charge is 0.194 e. The lowest BCUT2D eigenvalue weighted by atomic mass is 10.2. The number of aliphatic imine (C=N–C) groups is 1. The van der Waals surface area contributed by atoms with Crippen molar-refractivity contribution in [2.45, 2.75) is 6.92 Å². The van der Waals surface area contributed by atoms with Gasteiger partial charge < -0.3 is 9.90 Å². The van der Waals surface area contributed by atoms with E-state index in [1.54, 1.807) is 18.2 Å². The number of carboxylic acids is 1. The zero-order chi connectivity index (χ0) is 12.7. The van der Waals surface area contributed by atoms with Gasteiger partial charge in [-0.1, -0.05) is 30.3 Å². The summed E-state index contributed by atoms with van der Waals surface area (Å²) in [7, 11) is 2.12. The second-order valence-corrected chi connectivity index (χ2v) is 3.88. The van der Waals surface area contributed by atoms with E-state index in [1.807, 2.05) is 12.5 Å². The van der Waals surface area contributed by atoms with Crippen LogP contribution in [0.3, 0.4) is 0 Å². The highest BCUT2D eigenvalue weighted by atomic mass is 16.4. The van der Waals surface area contributed by atoms with Crippen molar-refractivity contribution < 1.29 is 14.4 Å². The van der Waals surface area contributed by atoms with E-state index in [0.717, 1.165) is 11.0 Å². The molecule has 0 radical (unpaired) electrons. The Labute approximate surface area is 101 Å². The molecule has 1 unspecified atom stereocenters. The summed E-state index contributed by atoms with van der Waals surface area (Å²) >= 11 is 0. The van der Waals surface area contributed by atoms with Crippen LogP contribution in [-0.4, -0.2) is 30.4 Å². The fourth-order valence-electron chi connectivity index (χ4n) is 1.18. The maximum Gasteiger partial charge on any atom is 0.194 e. The molecule has 0 saturated carbocycles. The van der Waals surface area contributed by atoms with Gasteiger partial charge in [0, 0.05) is 0 Å². The van der Waals surface area contributed by atoms with E-state index in [4.69, 9.17) is 0 Å². The third-order valence-electron chi connectivity index (χ3n) is 2.51. The quantitative estimate of drug-likeness (QED) is 0.715. The lowest BCUT2D eigenvalue weighted by Gasteiger charge is -2.18. The zero-order valence-corrected chi connectivity index (χ0v) is 10.0. The number of carbonyl (C=O) groups is 1. The summed E-state index contributed by atoms with van der Waals surface area (Å²) in [6, 6.07) is 8.06. The second-order valence-electron chi connectivity index (χ2n) is 3.88. The molecule has 0 N–H and O–H groups in total. The van der Waals surface area contributed by atoms with E-state index in [-0.39, 0.29) is 5.56 Å². The van der Waals surface area contributed by atoms with Crippen LogP contribution in [0.2, 0.25) is 0 Å². The van der Waals surface area contributed by atoms with Crippen molar-refractivity contribution >= 4 is 12.3 Å². The molecule has 2 rings (SSSR count). The summed E-state index contributed by atoms with van der Waals surface area (Å²) in [5.74, 6) is -1.13. The van der Waals surface area contributed by atoms with Gasteiger partial charge in [0.1, 0.15) is 6.20 Å². The largest absolute Gasteiger partial charge is 0.545 e. The standard InChI is InChI=1S/C7H6O2.C6H11N2/c8-7(9)6-4-2-1-3-5-6;1-3-8(2)5-4-7-6-8/h1-5H,(H,8,9);4-6H,3H2,1-2H3/q;+1/p-1. The van der Waals surface area contributed by atoms with Crippen LogP contribution in [0, 0.1) is 0 Å². The first-order valence-electron chi connectivity index (χ1n) is 5.41. The number of nitrogens with zero attached hydrogens (tertiary/aromatic N) is 2. The Kier molecular flexibility index (Phi) is 4.60. The number of rotatable bonds is 2. The number of carboxylic acid groups (broad SMARTS) is 1. The van der Waals surface area contributed by atoms with E-state index in [1.165, 1.54) is 12.1 Å². The predicted octanol–water partition coefficient (Wildman–Crippen LogP) is 1.02. The van der Waals surface area contributed by atoms with E-state index in [0.29, 0.717) is 0 Å². The first-order chi connectivity index (χ1) is 8.07. The fraction of sp³-hybridized carbons (Fsp3) is 0.231. The van der Waals surface area contributed by atoms with Crippen molar-refractivity contribution in [3.63, 3.8) is 0 Å². The minimum Gasteiger partial charge on any atom is -0.545 e. The first-order valence-corrected chi connectivity index (χ1v) is 5.41. The molecule has 1 atom stereocenters. The number of hydrogen-bond acceptors (Lipinski definition) is 3. The van der Waals surface area contributed by atoms with Crippen molar-refractivity contribution in [1.29, 1.82) is 0 Å². The number of quaternary nitrogens is 1. The van der Waals surface area contributed by atoms with E-state index < -0.39 is 5.97 Å². The van der Waals surface area contributed by atoms with E-state index in [9.17, 15) is 9.90 Å². The topological polar surface area (TPSA) is 52.5 Å². The second kappa shape index (κ2) is 5.96. The van der Waals surface area contributed by atoms with Crippen LogP contribution >= 0.6 is 0 Å². The Morgan fingerprint density at radius 2 is 2.00 bits per heavy atom.